The molecule has 1 aromatic carbocycles. The SMILES string of the molecule is COc1ccc(Br)cc1CNN1CCCCC1. The highest BCUT2D eigenvalue weighted by atomic mass is 79.9. The van der Waals surface area contributed by atoms with E-state index in [1.165, 1.54) is 24.8 Å². The maximum absolute atomic E-state index is 5.36. The Morgan fingerprint density at radius 3 is 2.76 bits per heavy atom. The van der Waals surface area contributed by atoms with Crippen LogP contribution in [0, 0.1) is 0 Å². The minimum Gasteiger partial charge on any atom is -0.496 e. The van der Waals surface area contributed by atoms with Crippen LogP contribution in [0.2, 0.25) is 0 Å². The van der Waals surface area contributed by atoms with Crippen LogP contribution in [-0.4, -0.2) is 25.2 Å². The average molecular weight is 299 g/mol. The molecule has 4 heteroatoms. The fourth-order valence-electron chi connectivity index (χ4n) is 2.13. The lowest BCUT2D eigenvalue weighted by Gasteiger charge is -2.27. The summed E-state index contributed by atoms with van der Waals surface area (Å²) < 4.78 is 6.45. The van der Waals surface area contributed by atoms with Gasteiger partial charge in [-0.15, -0.1) is 0 Å². The van der Waals surface area contributed by atoms with Crippen molar-refractivity contribution in [3.63, 3.8) is 0 Å². The largest absolute Gasteiger partial charge is 0.496 e. The first-order chi connectivity index (χ1) is 8.29. The molecule has 0 aliphatic carbocycles. The highest BCUT2D eigenvalue weighted by Gasteiger charge is 2.10. The normalized spacial score (nSPS) is 17.1. The number of hydrogen-bond donors (Lipinski definition) is 1. The van der Waals surface area contributed by atoms with Crippen LogP contribution in [0.25, 0.3) is 0 Å². The monoisotopic (exact) mass is 298 g/mol. The summed E-state index contributed by atoms with van der Waals surface area (Å²) in [7, 11) is 1.72. The zero-order valence-electron chi connectivity index (χ0n) is 10.2. The maximum atomic E-state index is 5.36. The summed E-state index contributed by atoms with van der Waals surface area (Å²) in [4.78, 5) is 0. The fraction of sp³-hybridized carbons (Fsp3) is 0.538. The zero-order valence-corrected chi connectivity index (χ0v) is 11.8. The molecule has 1 N–H and O–H groups in total. The summed E-state index contributed by atoms with van der Waals surface area (Å²) in [6, 6.07) is 6.11. The van der Waals surface area contributed by atoms with Crippen LogP contribution in [0.15, 0.2) is 22.7 Å². The molecule has 0 bridgehead atoms. The molecule has 1 aliphatic rings. The maximum Gasteiger partial charge on any atom is 0.123 e. The number of hydrazine groups is 1. The van der Waals surface area contributed by atoms with Gasteiger partial charge in [0.1, 0.15) is 5.75 Å². The van der Waals surface area contributed by atoms with Crippen LogP contribution in [0.1, 0.15) is 24.8 Å². The molecule has 3 nitrogen and oxygen atoms in total. The minimum atomic E-state index is 0.822. The first-order valence-electron chi connectivity index (χ1n) is 6.10. The fourth-order valence-corrected chi connectivity index (χ4v) is 2.54. The molecule has 94 valence electrons. The molecular formula is C13H19BrN2O. The molecule has 0 spiro atoms. The van der Waals surface area contributed by atoms with Crippen molar-refractivity contribution >= 4 is 15.9 Å². The number of nitrogens with one attached hydrogen (secondary N) is 1. The van der Waals surface area contributed by atoms with Crippen LogP contribution >= 0.6 is 15.9 Å². The smallest absolute Gasteiger partial charge is 0.123 e. The van der Waals surface area contributed by atoms with Gasteiger partial charge in [-0.1, -0.05) is 22.4 Å². The third kappa shape index (κ3) is 3.69. The molecule has 1 saturated heterocycles. The lowest BCUT2D eigenvalue weighted by Crippen LogP contribution is -2.41. The Bertz CT molecular complexity index is 364. The van der Waals surface area contributed by atoms with E-state index in [4.69, 9.17) is 4.74 Å². The molecular weight excluding hydrogens is 280 g/mol. The number of rotatable bonds is 4. The number of nitrogens with zero attached hydrogens (tertiary/aromatic N) is 1. The number of benzene rings is 1. The van der Waals surface area contributed by atoms with Crippen molar-refractivity contribution in [2.45, 2.75) is 25.8 Å². The summed E-state index contributed by atoms with van der Waals surface area (Å²) in [6.07, 6.45) is 3.95. The summed E-state index contributed by atoms with van der Waals surface area (Å²) in [5.41, 5.74) is 4.66. The van der Waals surface area contributed by atoms with Gasteiger partial charge >= 0.3 is 0 Å². The number of methoxy groups -OCH3 is 1. The Morgan fingerprint density at radius 2 is 2.06 bits per heavy atom. The van der Waals surface area contributed by atoms with Crippen molar-refractivity contribution in [3.05, 3.63) is 28.2 Å². The van der Waals surface area contributed by atoms with Crippen LogP contribution in [0.5, 0.6) is 5.75 Å². The van der Waals surface area contributed by atoms with Crippen LogP contribution in [0.3, 0.4) is 0 Å². The molecule has 0 aromatic heterocycles. The van der Waals surface area contributed by atoms with Gasteiger partial charge in [0.25, 0.3) is 0 Å². The molecule has 0 radical (unpaired) electrons. The van der Waals surface area contributed by atoms with Gasteiger partial charge in [0, 0.05) is 29.7 Å². The summed E-state index contributed by atoms with van der Waals surface area (Å²) in [5, 5.41) is 2.31. The van der Waals surface area contributed by atoms with Crippen LogP contribution < -0.4 is 10.2 Å². The predicted molar refractivity (Wildman–Crippen MR) is 73.0 cm³/mol. The Balaban J connectivity index is 1.95. The van der Waals surface area contributed by atoms with Crippen molar-refractivity contribution < 1.29 is 4.74 Å². The topological polar surface area (TPSA) is 24.5 Å². The van der Waals surface area contributed by atoms with Gasteiger partial charge < -0.3 is 4.74 Å². The first-order valence-corrected chi connectivity index (χ1v) is 6.90. The number of ether oxygens (including phenoxy) is 1. The molecule has 0 atom stereocenters. The molecule has 1 aliphatic heterocycles. The van der Waals surface area contributed by atoms with E-state index in [1.54, 1.807) is 7.11 Å². The van der Waals surface area contributed by atoms with Crippen molar-refractivity contribution in [2.24, 2.45) is 0 Å². The van der Waals surface area contributed by atoms with Crippen LogP contribution in [0.4, 0.5) is 0 Å². The molecule has 2 rings (SSSR count). The van der Waals surface area contributed by atoms with Crippen molar-refractivity contribution in [1.29, 1.82) is 0 Å². The molecule has 0 saturated carbocycles. The van der Waals surface area contributed by atoms with Crippen LogP contribution in [-0.2, 0) is 6.54 Å². The first kappa shape index (κ1) is 12.9. The van der Waals surface area contributed by atoms with Gasteiger partial charge in [-0.05, 0) is 31.0 Å². The van der Waals surface area contributed by atoms with Gasteiger partial charge in [0.2, 0.25) is 0 Å². The quantitative estimate of drug-likeness (QED) is 0.925. The van der Waals surface area contributed by atoms with Gasteiger partial charge in [-0.3, -0.25) is 5.43 Å². The molecule has 1 aromatic rings. The van der Waals surface area contributed by atoms with Crippen molar-refractivity contribution in [1.82, 2.24) is 10.4 Å². The zero-order chi connectivity index (χ0) is 12.1. The Labute approximate surface area is 111 Å². The van der Waals surface area contributed by atoms with E-state index >= 15 is 0 Å². The Hall–Kier alpha value is -0.580. The molecule has 0 unspecified atom stereocenters. The standard InChI is InChI=1S/C13H19BrN2O/c1-17-13-6-5-12(14)9-11(13)10-15-16-7-3-2-4-8-16/h5-6,9,15H,2-4,7-8,10H2,1H3. The molecule has 1 heterocycles. The Morgan fingerprint density at radius 1 is 1.29 bits per heavy atom. The second-order valence-electron chi connectivity index (χ2n) is 4.34. The second kappa shape index (κ2) is 6.38. The molecule has 0 amide bonds. The highest BCUT2D eigenvalue weighted by Crippen LogP contribution is 2.23. The van der Waals surface area contributed by atoms with Crippen molar-refractivity contribution in [3.8, 4) is 5.75 Å². The summed E-state index contributed by atoms with van der Waals surface area (Å²) >= 11 is 3.49. The van der Waals surface area contributed by atoms with E-state index in [0.717, 1.165) is 29.9 Å². The molecule has 1 fully saturated rings. The lowest BCUT2D eigenvalue weighted by molar-refractivity contribution is 0.150. The van der Waals surface area contributed by atoms with Crippen molar-refractivity contribution in [2.75, 3.05) is 20.2 Å². The number of halogens is 1. The highest BCUT2D eigenvalue weighted by molar-refractivity contribution is 9.10. The number of hydrogen-bond acceptors (Lipinski definition) is 3. The van der Waals surface area contributed by atoms with E-state index in [1.807, 2.05) is 12.1 Å². The third-order valence-corrected chi connectivity index (χ3v) is 3.58. The van der Waals surface area contributed by atoms with Gasteiger partial charge in [0.15, 0.2) is 0 Å². The van der Waals surface area contributed by atoms with Gasteiger partial charge in [-0.2, -0.15) is 0 Å². The minimum absolute atomic E-state index is 0.822. The average Bonchev–Trinajstić information content (AvgIpc) is 2.38. The summed E-state index contributed by atoms with van der Waals surface area (Å²) in [5.74, 6) is 0.942. The summed E-state index contributed by atoms with van der Waals surface area (Å²) in [6.45, 7) is 3.12. The van der Waals surface area contributed by atoms with E-state index in [9.17, 15) is 0 Å². The predicted octanol–water partition coefficient (Wildman–Crippen LogP) is 2.95. The van der Waals surface area contributed by atoms with E-state index in [-0.39, 0.29) is 0 Å². The second-order valence-corrected chi connectivity index (χ2v) is 5.25. The van der Waals surface area contributed by atoms with E-state index in [2.05, 4.69) is 32.4 Å². The lowest BCUT2D eigenvalue weighted by atomic mass is 10.1. The third-order valence-electron chi connectivity index (χ3n) is 3.09. The van der Waals surface area contributed by atoms with Gasteiger partial charge in [0.05, 0.1) is 7.11 Å². The van der Waals surface area contributed by atoms with E-state index in [0.29, 0.717) is 0 Å². The molecule has 17 heavy (non-hydrogen) atoms. The van der Waals surface area contributed by atoms with E-state index < -0.39 is 0 Å². The number of piperidine rings is 1. The van der Waals surface area contributed by atoms with Gasteiger partial charge in [-0.25, -0.2) is 5.01 Å². The Kier molecular flexibility index (Phi) is 4.83.